The van der Waals surface area contributed by atoms with Gasteiger partial charge in [0, 0.05) is 12.5 Å². The van der Waals surface area contributed by atoms with Gasteiger partial charge in [0.1, 0.15) is 0 Å². The fourth-order valence-corrected chi connectivity index (χ4v) is 2.17. The van der Waals surface area contributed by atoms with Crippen LogP contribution in [0.3, 0.4) is 0 Å². The van der Waals surface area contributed by atoms with E-state index in [1.54, 1.807) is 0 Å². The molecule has 0 amide bonds. The molecule has 0 saturated heterocycles. The third-order valence-electron chi connectivity index (χ3n) is 3.06. The minimum Gasteiger partial charge on any atom is -0.271 e. The molecule has 15 heavy (non-hydrogen) atoms. The Balaban J connectivity index is 2.98. The molecule has 0 bridgehead atoms. The summed E-state index contributed by atoms with van der Waals surface area (Å²) in [5.41, 5.74) is 2.17. The van der Waals surface area contributed by atoms with Crippen LogP contribution in [0.15, 0.2) is 0 Å². The topological polar surface area (TPSA) is 17.8 Å². The van der Waals surface area contributed by atoms with Gasteiger partial charge in [-0.1, -0.05) is 45.2 Å². The molecule has 0 radical (unpaired) electrons. The summed E-state index contributed by atoms with van der Waals surface area (Å²) in [4.78, 5) is 0. The molecule has 0 N–H and O–H groups in total. The number of hydrogen-bond donors (Lipinski definition) is 0. The molecule has 1 heterocycles. The first-order valence-corrected chi connectivity index (χ1v) is 5.97. The SMILES string of the molecule is CCCCC(C)(C)c1nn(C)c(C)c1Cl. The number of unbranched alkanes of at least 4 members (excludes halogenated alkanes) is 1. The monoisotopic (exact) mass is 228 g/mol. The zero-order valence-electron chi connectivity index (χ0n) is 10.4. The summed E-state index contributed by atoms with van der Waals surface area (Å²) in [7, 11) is 1.95. The van der Waals surface area contributed by atoms with Gasteiger partial charge in [-0.3, -0.25) is 4.68 Å². The number of rotatable bonds is 4. The first-order valence-electron chi connectivity index (χ1n) is 5.59. The van der Waals surface area contributed by atoms with E-state index in [1.165, 1.54) is 12.8 Å². The van der Waals surface area contributed by atoms with Crippen molar-refractivity contribution in [1.82, 2.24) is 9.78 Å². The average molecular weight is 229 g/mol. The van der Waals surface area contributed by atoms with Crippen LogP contribution < -0.4 is 0 Å². The quantitative estimate of drug-likeness (QED) is 0.766. The van der Waals surface area contributed by atoms with Gasteiger partial charge in [-0.15, -0.1) is 0 Å². The van der Waals surface area contributed by atoms with Crippen molar-refractivity contribution in [2.75, 3.05) is 0 Å². The van der Waals surface area contributed by atoms with Crippen molar-refractivity contribution in [2.24, 2.45) is 7.05 Å². The third-order valence-corrected chi connectivity index (χ3v) is 3.51. The van der Waals surface area contributed by atoms with E-state index < -0.39 is 0 Å². The standard InChI is InChI=1S/C12H21ClN2/c1-6-7-8-12(3,4)11-10(13)9(2)15(5)14-11/h6-8H2,1-5H3. The van der Waals surface area contributed by atoms with Crippen LogP contribution in [0.1, 0.15) is 51.4 Å². The van der Waals surface area contributed by atoms with E-state index in [0.717, 1.165) is 22.8 Å². The van der Waals surface area contributed by atoms with Crippen LogP contribution in [0.25, 0.3) is 0 Å². The molecule has 0 unspecified atom stereocenters. The number of nitrogens with zero attached hydrogens (tertiary/aromatic N) is 2. The highest BCUT2D eigenvalue weighted by Crippen LogP contribution is 2.34. The first kappa shape index (κ1) is 12.6. The molecule has 0 aliphatic heterocycles. The summed E-state index contributed by atoms with van der Waals surface area (Å²) < 4.78 is 1.87. The van der Waals surface area contributed by atoms with E-state index in [0.29, 0.717) is 0 Å². The normalized spacial score (nSPS) is 12.1. The Morgan fingerprint density at radius 3 is 2.40 bits per heavy atom. The largest absolute Gasteiger partial charge is 0.271 e. The molecule has 0 saturated carbocycles. The molecule has 1 aromatic heterocycles. The van der Waals surface area contributed by atoms with Crippen molar-refractivity contribution in [3.63, 3.8) is 0 Å². The van der Waals surface area contributed by atoms with Crippen LogP contribution in [0.5, 0.6) is 0 Å². The van der Waals surface area contributed by atoms with Crippen molar-refractivity contribution in [3.05, 3.63) is 16.4 Å². The Bertz CT molecular complexity index is 340. The molecule has 0 atom stereocenters. The smallest absolute Gasteiger partial charge is 0.0869 e. The average Bonchev–Trinajstić information content (AvgIpc) is 2.43. The van der Waals surface area contributed by atoms with Gasteiger partial charge in [-0.2, -0.15) is 5.10 Å². The third kappa shape index (κ3) is 2.54. The fourth-order valence-electron chi connectivity index (χ4n) is 1.75. The van der Waals surface area contributed by atoms with E-state index in [2.05, 4.69) is 25.9 Å². The molecule has 0 fully saturated rings. The Labute approximate surface area is 97.6 Å². The van der Waals surface area contributed by atoms with Gasteiger partial charge in [0.05, 0.1) is 16.4 Å². The molecule has 0 aromatic carbocycles. The maximum Gasteiger partial charge on any atom is 0.0869 e. The summed E-state index contributed by atoms with van der Waals surface area (Å²) in [5.74, 6) is 0. The van der Waals surface area contributed by atoms with Crippen molar-refractivity contribution in [1.29, 1.82) is 0 Å². The van der Waals surface area contributed by atoms with Gasteiger partial charge < -0.3 is 0 Å². The Hall–Kier alpha value is -0.500. The van der Waals surface area contributed by atoms with Crippen LogP contribution in [0.4, 0.5) is 0 Å². The zero-order chi connectivity index (χ0) is 11.6. The Morgan fingerprint density at radius 1 is 1.40 bits per heavy atom. The maximum atomic E-state index is 6.29. The molecule has 0 aliphatic carbocycles. The van der Waals surface area contributed by atoms with Crippen molar-refractivity contribution in [2.45, 2.75) is 52.4 Å². The van der Waals surface area contributed by atoms with Crippen LogP contribution in [-0.2, 0) is 12.5 Å². The maximum absolute atomic E-state index is 6.29. The lowest BCUT2D eigenvalue weighted by Gasteiger charge is -2.22. The number of aromatic nitrogens is 2. The predicted octanol–water partition coefficient (Wildman–Crippen LogP) is 3.85. The molecule has 3 heteroatoms. The van der Waals surface area contributed by atoms with Crippen molar-refractivity contribution < 1.29 is 0 Å². The van der Waals surface area contributed by atoms with Gasteiger partial charge in [0.2, 0.25) is 0 Å². The molecule has 0 spiro atoms. The first-order chi connectivity index (χ1) is 6.90. The lowest BCUT2D eigenvalue weighted by Crippen LogP contribution is -2.18. The lowest BCUT2D eigenvalue weighted by molar-refractivity contribution is 0.440. The number of hydrogen-bond acceptors (Lipinski definition) is 1. The molecule has 0 aliphatic rings. The summed E-state index contributed by atoms with van der Waals surface area (Å²) in [6, 6.07) is 0. The van der Waals surface area contributed by atoms with Gasteiger partial charge >= 0.3 is 0 Å². The van der Waals surface area contributed by atoms with E-state index >= 15 is 0 Å². The van der Waals surface area contributed by atoms with Crippen LogP contribution in [-0.4, -0.2) is 9.78 Å². The van der Waals surface area contributed by atoms with Gasteiger partial charge in [0.15, 0.2) is 0 Å². The summed E-state index contributed by atoms with van der Waals surface area (Å²) in [5, 5.41) is 5.35. The Kier molecular flexibility index (Phi) is 3.82. The van der Waals surface area contributed by atoms with Crippen molar-refractivity contribution in [3.8, 4) is 0 Å². The second-order valence-electron chi connectivity index (χ2n) is 4.86. The highest BCUT2D eigenvalue weighted by Gasteiger charge is 2.27. The van der Waals surface area contributed by atoms with Crippen LogP contribution >= 0.6 is 11.6 Å². The lowest BCUT2D eigenvalue weighted by atomic mass is 9.84. The highest BCUT2D eigenvalue weighted by molar-refractivity contribution is 6.32. The molecule has 1 aromatic rings. The zero-order valence-corrected chi connectivity index (χ0v) is 11.1. The van der Waals surface area contributed by atoms with E-state index in [4.69, 9.17) is 11.6 Å². The Morgan fingerprint density at radius 2 is 2.00 bits per heavy atom. The molecule has 86 valence electrons. The number of halogens is 1. The molecular weight excluding hydrogens is 208 g/mol. The highest BCUT2D eigenvalue weighted by atomic mass is 35.5. The predicted molar refractivity (Wildman–Crippen MR) is 65.5 cm³/mol. The summed E-state index contributed by atoms with van der Waals surface area (Å²) in [6.45, 7) is 8.66. The van der Waals surface area contributed by atoms with E-state index in [1.807, 2.05) is 18.7 Å². The second kappa shape index (κ2) is 4.56. The van der Waals surface area contributed by atoms with Crippen molar-refractivity contribution >= 4 is 11.6 Å². The van der Waals surface area contributed by atoms with Gasteiger partial charge in [-0.25, -0.2) is 0 Å². The summed E-state index contributed by atoms with van der Waals surface area (Å²) >= 11 is 6.29. The minimum absolute atomic E-state index is 0.0825. The molecule has 1 rings (SSSR count). The van der Waals surface area contributed by atoms with E-state index in [9.17, 15) is 0 Å². The fraction of sp³-hybridized carbons (Fsp3) is 0.750. The van der Waals surface area contributed by atoms with E-state index in [-0.39, 0.29) is 5.41 Å². The van der Waals surface area contributed by atoms with Gasteiger partial charge in [-0.05, 0) is 13.3 Å². The van der Waals surface area contributed by atoms with Crippen LogP contribution in [0.2, 0.25) is 5.02 Å². The number of aryl methyl sites for hydroxylation is 1. The second-order valence-corrected chi connectivity index (χ2v) is 5.24. The summed E-state index contributed by atoms with van der Waals surface area (Å²) in [6.07, 6.45) is 3.57. The molecule has 2 nitrogen and oxygen atoms in total. The minimum atomic E-state index is 0.0825. The van der Waals surface area contributed by atoms with Gasteiger partial charge in [0.25, 0.3) is 0 Å². The van der Waals surface area contributed by atoms with Crippen LogP contribution in [0, 0.1) is 6.92 Å². The molecular formula is C12H21ClN2.